The Bertz CT molecular complexity index is 492. The van der Waals surface area contributed by atoms with Crippen molar-refractivity contribution >= 4 is 5.91 Å². The number of aliphatic hydroxyl groups is 1. The van der Waals surface area contributed by atoms with Gasteiger partial charge < -0.3 is 10.0 Å². The Morgan fingerprint density at radius 2 is 1.95 bits per heavy atom. The summed E-state index contributed by atoms with van der Waals surface area (Å²) in [5.41, 5.74) is 2.43. The van der Waals surface area contributed by atoms with Crippen molar-refractivity contribution in [3.63, 3.8) is 0 Å². The first-order valence-electron chi connectivity index (χ1n) is 7.65. The molecule has 21 heavy (non-hydrogen) atoms. The fraction of sp³-hybridized carbons (Fsp3) is 0.625. The maximum atomic E-state index is 12.6. The number of carbonyl (C=O) groups is 1. The smallest absolute Gasteiger partial charge is 0.255 e. The van der Waals surface area contributed by atoms with Crippen LogP contribution in [0.15, 0.2) is 12.1 Å². The van der Waals surface area contributed by atoms with Gasteiger partial charge >= 0.3 is 0 Å². The van der Waals surface area contributed by atoms with E-state index in [1.807, 2.05) is 30.9 Å². The van der Waals surface area contributed by atoms with Crippen molar-refractivity contribution in [2.75, 3.05) is 32.8 Å². The minimum atomic E-state index is 0.0664. The highest BCUT2D eigenvalue weighted by atomic mass is 16.3. The van der Waals surface area contributed by atoms with E-state index in [4.69, 9.17) is 0 Å². The van der Waals surface area contributed by atoms with Crippen molar-refractivity contribution in [2.45, 2.75) is 33.2 Å². The van der Waals surface area contributed by atoms with Crippen LogP contribution in [-0.2, 0) is 0 Å². The van der Waals surface area contributed by atoms with Crippen LogP contribution in [0.2, 0.25) is 0 Å². The minimum absolute atomic E-state index is 0.0664. The molecule has 1 aliphatic heterocycles. The summed E-state index contributed by atoms with van der Waals surface area (Å²) in [5, 5.41) is 9.36. The zero-order valence-electron chi connectivity index (χ0n) is 13.2. The molecule has 0 bridgehead atoms. The number of aryl methyl sites for hydroxylation is 2. The zero-order valence-corrected chi connectivity index (χ0v) is 13.2. The molecule has 0 aromatic carbocycles. The standard InChI is InChI=1S/C16H25N3O2/c1-4-14(11-20)18-7-9-19(10-8-18)16(21)15-6-5-12(2)17-13(15)3/h5-6,14,20H,4,7-11H2,1-3H3. The molecule has 5 nitrogen and oxygen atoms in total. The molecule has 1 N–H and O–H groups in total. The minimum Gasteiger partial charge on any atom is -0.395 e. The van der Waals surface area contributed by atoms with Gasteiger partial charge in [-0.05, 0) is 32.4 Å². The summed E-state index contributed by atoms with van der Waals surface area (Å²) in [6.45, 7) is 9.15. The summed E-state index contributed by atoms with van der Waals surface area (Å²) in [4.78, 5) is 21.1. The highest BCUT2D eigenvalue weighted by Gasteiger charge is 2.26. The molecule has 1 aromatic rings. The fourth-order valence-corrected chi connectivity index (χ4v) is 2.88. The molecular formula is C16H25N3O2. The van der Waals surface area contributed by atoms with Gasteiger partial charge in [0.2, 0.25) is 0 Å². The monoisotopic (exact) mass is 291 g/mol. The SMILES string of the molecule is CCC(CO)N1CCN(C(=O)c2ccc(C)nc2C)CC1. The molecule has 1 aromatic heterocycles. The van der Waals surface area contributed by atoms with Gasteiger partial charge in [0.1, 0.15) is 0 Å². The number of hydrogen-bond acceptors (Lipinski definition) is 4. The van der Waals surface area contributed by atoms with Gasteiger partial charge in [0.25, 0.3) is 5.91 Å². The van der Waals surface area contributed by atoms with Crippen molar-refractivity contribution < 1.29 is 9.90 Å². The fourth-order valence-electron chi connectivity index (χ4n) is 2.88. The number of hydrogen-bond donors (Lipinski definition) is 1. The number of aliphatic hydroxyl groups excluding tert-OH is 1. The molecule has 0 saturated carbocycles. The van der Waals surface area contributed by atoms with Gasteiger partial charge in [-0.25, -0.2) is 0 Å². The summed E-state index contributed by atoms with van der Waals surface area (Å²) in [6, 6.07) is 3.97. The molecule has 1 unspecified atom stereocenters. The maximum Gasteiger partial charge on any atom is 0.255 e. The van der Waals surface area contributed by atoms with Gasteiger partial charge in [-0.2, -0.15) is 0 Å². The van der Waals surface area contributed by atoms with Crippen LogP contribution in [0, 0.1) is 13.8 Å². The Labute approximate surface area is 126 Å². The van der Waals surface area contributed by atoms with Gasteiger partial charge in [-0.1, -0.05) is 6.92 Å². The van der Waals surface area contributed by atoms with E-state index in [0.29, 0.717) is 18.7 Å². The van der Waals surface area contributed by atoms with Crippen LogP contribution in [0.5, 0.6) is 0 Å². The predicted octanol–water partition coefficient (Wildman–Crippen LogP) is 1.23. The Kier molecular flexibility index (Phi) is 5.31. The van der Waals surface area contributed by atoms with E-state index >= 15 is 0 Å². The number of pyridine rings is 1. The first kappa shape index (κ1) is 15.9. The number of nitrogens with zero attached hydrogens (tertiary/aromatic N) is 3. The highest BCUT2D eigenvalue weighted by molar-refractivity contribution is 5.95. The Morgan fingerprint density at radius 1 is 1.29 bits per heavy atom. The van der Waals surface area contributed by atoms with Crippen LogP contribution in [-0.4, -0.2) is 64.6 Å². The largest absolute Gasteiger partial charge is 0.395 e. The summed E-state index contributed by atoms with van der Waals surface area (Å²) >= 11 is 0. The summed E-state index contributed by atoms with van der Waals surface area (Å²) in [6.07, 6.45) is 0.936. The lowest BCUT2D eigenvalue weighted by Crippen LogP contribution is -2.52. The van der Waals surface area contributed by atoms with Crippen LogP contribution in [0.3, 0.4) is 0 Å². The van der Waals surface area contributed by atoms with Crippen molar-refractivity contribution in [1.82, 2.24) is 14.8 Å². The third kappa shape index (κ3) is 3.60. The Balaban J connectivity index is 2.00. The van der Waals surface area contributed by atoms with E-state index in [1.165, 1.54) is 0 Å². The van der Waals surface area contributed by atoms with Gasteiger partial charge in [0.15, 0.2) is 0 Å². The van der Waals surface area contributed by atoms with Crippen molar-refractivity contribution in [3.05, 3.63) is 29.1 Å². The molecule has 0 spiro atoms. The van der Waals surface area contributed by atoms with E-state index in [1.54, 1.807) is 0 Å². The van der Waals surface area contributed by atoms with Gasteiger partial charge in [-0.15, -0.1) is 0 Å². The molecule has 0 radical (unpaired) electrons. The van der Waals surface area contributed by atoms with Crippen LogP contribution >= 0.6 is 0 Å². The molecule has 2 rings (SSSR count). The molecule has 1 fully saturated rings. The van der Waals surface area contributed by atoms with Gasteiger partial charge in [0.05, 0.1) is 17.9 Å². The molecule has 5 heteroatoms. The van der Waals surface area contributed by atoms with E-state index in [0.717, 1.165) is 30.9 Å². The summed E-state index contributed by atoms with van der Waals surface area (Å²) < 4.78 is 0. The van der Waals surface area contributed by atoms with Gasteiger partial charge in [-0.3, -0.25) is 14.7 Å². The lowest BCUT2D eigenvalue weighted by atomic mass is 10.1. The average Bonchev–Trinajstić information content (AvgIpc) is 2.48. The highest BCUT2D eigenvalue weighted by Crippen LogP contribution is 2.14. The maximum absolute atomic E-state index is 12.6. The second-order valence-corrected chi connectivity index (χ2v) is 5.66. The molecular weight excluding hydrogens is 266 g/mol. The van der Waals surface area contributed by atoms with Crippen LogP contribution in [0.1, 0.15) is 35.1 Å². The number of carbonyl (C=O) groups excluding carboxylic acids is 1. The van der Waals surface area contributed by atoms with Crippen LogP contribution in [0.4, 0.5) is 0 Å². The average molecular weight is 291 g/mol. The van der Waals surface area contributed by atoms with E-state index in [9.17, 15) is 9.90 Å². The molecule has 2 heterocycles. The third-order valence-electron chi connectivity index (χ3n) is 4.26. The summed E-state index contributed by atoms with van der Waals surface area (Å²) in [7, 11) is 0. The Morgan fingerprint density at radius 3 is 2.48 bits per heavy atom. The molecule has 1 saturated heterocycles. The lowest BCUT2D eigenvalue weighted by molar-refractivity contribution is 0.0471. The number of amides is 1. The van der Waals surface area contributed by atoms with E-state index < -0.39 is 0 Å². The topological polar surface area (TPSA) is 56.7 Å². The third-order valence-corrected chi connectivity index (χ3v) is 4.26. The van der Waals surface area contributed by atoms with E-state index in [2.05, 4.69) is 16.8 Å². The van der Waals surface area contributed by atoms with Crippen molar-refractivity contribution in [2.24, 2.45) is 0 Å². The number of piperazine rings is 1. The second kappa shape index (κ2) is 7.00. The Hall–Kier alpha value is -1.46. The predicted molar refractivity (Wildman–Crippen MR) is 82.4 cm³/mol. The number of aromatic nitrogens is 1. The zero-order chi connectivity index (χ0) is 15.4. The number of rotatable bonds is 4. The summed E-state index contributed by atoms with van der Waals surface area (Å²) in [5.74, 6) is 0.0664. The first-order valence-corrected chi connectivity index (χ1v) is 7.65. The van der Waals surface area contributed by atoms with Gasteiger partial charge in [0, 0.05) is 37.9 Å². The normalized spacial score (nSPS) is 17.8. The molecule has 1 amide bonds. The molecule has 116 valence electrons. The quantitative estimate of drug-likeness (QED) is 0.906. The molecule has 1 atom stereocenters. The van der Waals surface area contributed by atoms with Crippen molar-refractivity contribution in [3.8, 4) is 0 Å². The lowest BCUT2D eigenvalue weighted by Gasteiger charge is -2.38. The van der Waals surface area contributed by atoms with Crippen LogP contribution in [0.25, 0.3) is 0 Å². The van der Waals surface area contributed by atoms with E-state index in [-0.39, 0.29) is 18.6 Å². The van der Waals surface area contributed by atoms with Crippen molar-refractivity contribution in [1.29, 1.82) is 0 Å². The second-order valence-electron chi connectivity index (χ2n) is 5.66. The molecule has 0 aliphatic carbocycles. The first-order chi connectivity index (χ1) is 10.1. The molecule has 1 aliphatic rings. The van der Waals surface area contributed by atoms with Crippen LogP contribution < -0.4 is 0 Å².